The number of aryl methyl sites for hydroxylation is 1. The van der Waals surface area contributed by atoms with Crippen LogP contribution in [0.15, 0.2) is 24.3 Å². The van der Waals surface area contributed by atoms with Gasteiger partial charge in [-0.05, 0) is 31.7 Å². The molecule has 1 aromatic carbocycles. The standard InChI is InChI=1S/C18H23N5/c1-2-6-14-22-15-16(23(14)11-18(20)9-5-10-18)12-7-3-4-8-13(12)21-17(15)19/h3-4,7-8H,2,5-6,9-11,20H2,1H3,(H2,19,21). The molecule has 0 atom stereocenters. The lowest BCUT2D eigenvalue weighted by Gasteiger charge is -2.39. The highest BCUT2D eigenvalue weighted by Gasteiger charge is 2.34. The van der Waals surface area contributed by atoms with E-state index in [1.807, 2.05) is 18.2 Å². The van der Waals surface area contributed by atoms with Gasteiger partial charge in [-0.3, -0.25) is 0 Å². The molecule has 1 aliphatic carbocycles. The van der Waals surface area contributed by atoms with E-state index in [-0.39, 0.29) is 5.54 Å². The number of rotatable bonds is 4. The SMILES string of the molecule is CCCc1nc2c(N)nc3ccccc3c2n1CC1(N)CCC1. The van der Waals surface area contributed by atoms with Crippen LogP contribution in [-0.4, -0.2) is 20.1 Å². The van der Waals surface area contributed by atoms with Crippen LogP contribution in [0.4, 0.5) is 5.82 Å². The predicted octanol–water partition coefficient (Wildman–Crippen LogP) is 3.00. The maximum Gasteiger partial charge on any atom is 0.152 e. The molecule has 2 heterocycles. The Morgan fingerprint density at radius 2 is 2.00 bits per heavy atom. The Hall–Kier alpha value is -2.14. The van der Waals surface area contributed by atoms with Gasteiger partial charge in [-0.25, -0.2) is 9.97 Å². The molecule has 5 heteroatoms. The first kappa shape index (κ1) is 14.5. The number of hydrogen-bond acceptors (Lipinski definition) is 4. The summed E-state index contributed by atoms with van der Waals surface area (Å²) >= 11 is 0. The highest BCUT2D eigenvalue weighted by molar-refractivity contribution is 6.06. The van der Waals surface area contributed by atoms with Crippen LogP contribution in [0, 0.1) is 0 Å². The fraction of sp³-hybridized carbons (Fsp3) is 0.444. The average Bonchev–Trinajstić information content (AvgIpc) is 2.86. The minimum Gasteiger partial charge on any atom is -0.382 e. The molecule has 2 aromatic heterocycles. The van der Waals surface area contributed by atoms with E-state index in [4.69, 9.17) is 16.5 Å². The number of hydrogen-bond donors (Lipinski definition) is 2. The minimum atomic E-state index is -0.102. The summed E-state index contributed by atoms with van der Waals surface area (Å²) in [7, 11) is 0. The van der Waals surface area contributed by atoms with Crippen molar-refractivity contribution in [1.29, 1.82) is 0 Å². The number of nitrogens with zero attached hydrogens (tertiary/aromatic N) is 3. The topological polar surface area (TPSA) is 82.8 Å². The number of pyridine rings is 1. The zero-order chi connectivity index (χ0) is 16.0. The molecule has 1 aliphatic rings. The number of fused-ring (bicyclic) bond motifs is 3. The summed E-state index contributed by atoms with van der Waals surface area (Å²) in [6, 6.07) is 8.13. The lowest BCUT2D eigenvalue weighted by atomic mass is 9.77. The van der Waals surface area contributed by atoms with Gasteiger partial charge < -0.3 is 16.0 Å². The molecule has 0 saturated heterocycles. The summed E-state index contributed by atoms with van der Waals surface area (Å²) in [5, 5.41) is 1.11. The number of aromatic nitrogens is 3. The summed E-state index contributed by atoms with van der Waals surface area (Å²) in [5.74, 6) is 1.58. The second kappa shape index (κ2) is 5.20. The number of nitrogen functional groups attached to an aromatic ring is 1. The second-order valence-corrected chi connectivity index (χ2v) is 6.79. The number of para-hydroxylation sites is 1. The molecule has 1 fully saturated rings. The van der Waals surface area contributed by atoms with Crippen LogP contribution in [0.1, 0.15) is 38.4 Å². The van der Waals surface area contributed by atoms with Crippen molar-refractivity contribution in [3.05, 3.63) is 30.1 Å². The van der Waals surface area contributed by atoms with Gasteiger partial charge in [-0.1, -0.05) is 25.1 Å². The van der Waals surface area contributed by atoms with Crippen molar-refractivity contribution < 1.29 is 0 Å². The smallest absolute Gasteiger partial charge is 0.152 e. The Balaban J connectivity index is 2.01. The van der Waals surface area contributed by atoms with Gasteiger partial charge in [0.15, 0.2) is 5.82 Å². The molecule has 0 unspecified atom stereocenters. The second-order valence-electron chi connectivity index (χ2n) is 6.79. The molecule has 3 aromatic rings. The Morgan fingerprint density at radius 1 is 1.22 bits per heavy atom. The van der Waals surface area contributed by atoms with Gasteiger partial charge in [0.1, 0.15) is 11.3 Å². The quantitative estimate of drug-likeness (QED) is 0.776. The van der Waals surface area contributed by atoms with Crippen molar-refractivity contribution in [2.45, 2.75) is 51.1 Å². The summed E-state index contributed by atoms with van der Waals surface area (Å²) in [4.78, 5) is 9.33. The van der Waals surface area contributed by atoms with Crippen LogP contribution in [0.25, 0.3) is 21.9 Å². The van der Waals surface area contributed by atoms with Gasteiger partial charge in [-0.15, -0.1) is 0 Å². The molecule has 4 N–H and O–H groups in total. The van der Waals surface area contributed by atoms with E-state index in [1.54, 1.807) is 0 Å². The molecule has 120 valence electrons. The van der Waals surface area contributed by atoms with Gasteiger partial charge in [0.25, 0.3) is 0 Å². The van der Waals surface area contributed by atoms with E-state index in [0.717, 1.165) is 60.0 Å². The summed E-state index contributed by atoms with van der Waals surface area (Å²) in [6.07, 6.45) is 5.36. The predicted molar refractivity (Wildman–Crippen MR) is 94.2 cm³/mol. The van der Waals surface area contributed by atoms with Crippen molar-refractivity contribution >= 4 is 27.8 Å². The third-order valence-electron chi connectivity index (χ3n) is 4.99. The first-order valence-electron chi connectivity index (χ1n) is 8.43. The molecular weight excluding hydrogens is 286 g/mol. The van der Waals surface area contributed by atoms with Crippen LogP contribution in [0.3, 0.4) is 0 Å². The van der Waals surface area contributed by atoms with E-state index >= 15 is 0 Å². The zero-order valence-electron chi connectivity index (χ0n) is 13.5. The van der Waals surface area contributed by atoms with E-state index in [0.29, 0.717) is 5.82 Å². The van der Waals surface area contributed by atoms with Gasteiger partial charge in [0.2, 0.25) is 0 Å². The molecule has 1 saturated carbocycles. The van der Waals surface area contributed by atoms with E-state index in [9.17, 15) is 0 Å². The number of anilines is 1. The fourth-order valence-corrected chi connectivity index (χ4v) is 3.59. The number of nitrogens with two attached hydrogens (primary N) is 2. The van der Waals surface area contributed by atoms with Crippen LogP contribution in [-0.2, 0) is 13.0 Å². The Morgan fingerprint density at radius 3 is 2.70 bits per heavy atom. The Kier molecular flexibility index (Phi) is 3.27. The normalized spacial score (nSPS) is 16.8. The highest BCUT2D eigenvalue weighted by Crippen LogP contribution is 2.35. The maximum absolute atomic E-state index is 6.54. The van der Waals surface area contributed by atoms with Crippen molar-refractivity contribution in [3.8, 4) is 0 Å². The largest absolute Gasteiger partial charge is 0.382 e. The van der Waals surface area contributed by atoms with Crippen LogP contribution in [0.5, 0.6) is 0 Å². The van der Waals surface area contributed by atoms with Gasteiger partial charge in [0, 0.05) is 23.9 Å². The number of imidazole rings is 1. The molecule has 0 spiro atoms. The molecule has 0 bridgehead atoms. The lowest BCUT2D eigenvalue weighted by Crippen LogP contribution is -2.50. The molecule has 5 nitrogen and oxygen atoms in total. The van der Waals surface area contributed by atoms with Crippen LogP contribution < -0.4 is 11.5 Å². The van der Waals surface area contributed by atoms with Crippen LogP contribution in [0.2, 0.25) is 0 Å². The maximum atomic E-state index is 6.54. The minimum absolute atomic E-state index is 0.102. The van der Waals surface area contributed by atoms with Gasteiger partial charge >= 0.3 is 0 Å². The molecule has 4 rings (SSSR count). The van der Waals surface area contributed by atoms with Crippen molar-refractivity contribution in [2.24, 2.45) is 5.73 Å². The Labute approximate surface area is 135 Å². The van der Waals surface area contributed by atoms with E-state index < -0.39 is 0 Å². The molecule has 0 amide bonds. The third-order valence-corrected chi connectivity index (χ3v) is 4.99. The first-order valence-corrected chi connectivity index (χ1v) is 8.43. The van der Waals surface area contributed by atoms with Crippen LogP contribution >= 0.6 is 0 Å². The summed E-state index contributed by atoms with van der Waals surface area (Å²) < 4.78 is 2.30. The van der Waals surface area contributed by atoms with Gasteiger partial charge in [-0.2, -0.15) is 0 Å². The monoisotopic (exact) mass is 309 g/mol. The van der Waals surface area contributed by atoms with Gasteiger partial charge in [0.05, 0.1) is 11.0 Å². The highest BCUT2D eigenvalue weighted by atomic mass is 15.1. The fourth-order valence-electron chi connectivity index (χ4n) is 3.59. The summed E-state index contributed by atoms with van der Waals surface area (Å²) in [5.41, 5.74) is 15.5. The Bertz CT molecular complexity index is 876. The molecular formula is C18H23N5. The molecule has 0 radical (unpaired) electrons. The number of benzene rings is 1. The molecule has 23 heavy (non-hydrogen) atoms. The zero-order valence-corrected chi connectivity index (χ0v) is 13.5. The van der Waals surface area contributed by atoms with E-state index in [1.165, 1.54) is 6.42 Å². The van der Waals surface area contributed by atoms with Crippen molar-refractivity contribution in [2.75, 3.05) is 5.73 Å². The third kappa shape index (κ3) is 2.27. The van der Waals surface area contributed by atoms with E-state index in [2.05, 4.69) is 22.5 Å². The van der Waals surface area contributed by atoms with Crippen molar-refractivity contribution in [1.82, 2.24) is 14.5 Å². The first-order chi connectivity index (χ1) is 11.1. The molecule has 0 aliphatic heterocycles. The summed E-state index contributed by atoms with van der Waals surface area (Å²) in [6.45, 7) is 2.98. The van der Waals surface area contributed by atoms with Crippen molar-refractivity contribution in [3.63, 3.8) is 0 Å². The average molecular weight is 309 g/mol. The lowest BCUT2D eigenvalue weighted by molar-refractivity contribution is 0.215.